The molecule has 2 nitrogen and oxygen atoms in total. The lowest BCUT2D eigenvalue weighted by Crippen LogP contribution is -2.29. The average Bonchev–Trinajstić information content (AvgIpc) is 2.36. The van der Waals surface area contributed by atoms with Gasteiger partial charge >= 0.3 is 0 Å². The van der Waals surface area contributed by atoms with Crippen molar-refractivity contribution >= 4 is 0 Å². The third-order valence-electron chi connectivity index (χ3n) is 3.29. The van der Waals surface area contributed by atoms with Crippen molar-refractivity contribution in [1.82, 2.24) is 5.32 Å². The van der Waals surface area contributed by atoms with E-state index >= 15 is 0 Å². The molecule has 2 unspecified atom stereocenters. The maximum atomic E-state index is 5.53. The summed E-state index contributed by atoms with van der Waals surface area (Å²) in [4.78, 5) is 0. The predicted molar refractivity (Wildman–Crippen MR) is 82.5 cm³/mol. The van der Waals surface area contributed by atoms with Crippen LogP contribution >= 0.6 is 0 Å². The van der Waals surface area contributed by atoms with E-state index in [1.807, 2.05) is 6.92 Å². The quantitative estimate of drug-likeness (QED) is 0.766. The average molecular weight is 263 g/mol. The van der Waals surface area contributed by atoms with Gasteiger partial charge in [0, 0.05) is 19.2 Å². The number of nitrogens with one attached hydrogen (secondary N) is 1. The van der Waals surface area contributed by atoms with Crippen molar-refractivity contribution in [2.24, 2.45) is 5.92 Å². The Morgan fingerprint density at radius 1 is 1.05 bits per heavy atom. The van der Waals surface area contributed by atoms with Crippen LogP contribution in [0.4, 0.5) is 0 Å². The summed E-state index contributed by atoms with van der Waals surface area (Å²) in [5.74, 6) is 0.716. The van der Waals surface area contributed by atoms with E-state index in [2.05, 4.69) is 57.3 Å². The van der Waals surface area contributed by atoms with Gasteiger partial charge in [0.25, 0.3) is 0 Å². The van der Waals surface area contributed by atoms with Crippen molar-refractivity contribution < 1.29 is 4.74 Å². The number of rotatable bonds is 8. The van der Waals surface area contributed by atoms with Crippen molar-refractivity contribution in [3.8, 4) is 0 Å². The van der Waals surface area contributed by atoms with Crippen molar-refractivity contribution in [3.63, 3.8) is 0 Å². The molecule has 0 aliphatic heterocycles. The van der Waals surface area contributed by atoms with Crippen LogP contribution in [-0.2, 0) is 11.2 Å². The zero-order valence-electron chi connectivity index (χ0n) is 13.1. The Balaban J connectivity index is 2.46. The lowest BCUT2D eigenvalue weighted by Gasteiger charge is -2.18. The molecule has 1 rings (SSSR count). The van der Waals surface area contributed by atoms with Crippen molar-refractivity contribution in [3.05, 3.63) is 35.4 Å². The topological polar surface area (TPSA) is 21.3 Å². The van der Waals surface area contributed by atoms with Gasteiger partial charge in [0.05, 0.1) is 6.10 Å². The summed E-state index contributed by atoms with van der Waals surface area (Å²) in [7, 11) is 0. The molecule has 0 spiro atoms. The summed E-state index contributed by atoms with van der Waals surface area (Å²) in [6.07, 6.45) is 1.43. The SMILES string of the molecule is CCOC(C)CNC(C)c1ccc(CC(C)C)cc1. The van der Waals surface area contributed by atoms with Crippen LogP contribution < -0.4 is 5.32 Å². The smallest absolute Gasteiger partial charge is 0.0671 e. The van der Waals surface area contributed by atoms with Gasteiger partial charge in [-0.25, -0.2) is 0 Å². The first-order chi connectivity index (χ1) is 9.02. The van der Waals surface area contributed by atoms with Gasteiger partial charge in [0.15, 0.2) is 0 Å². The van der Waals surface area contributed by atoms with Crippen LogP contribution in [0.5, 0.6) is 0 Å². The normalized spacial score (nSPS) is 14.6. The molecule has 1 aromatic carbocycles. The standard InChI is InChI=1S/C17H29NO/c1-6-19-14(4)12-18-15(5)17-9-7-16(8-10-17)11-13(2)3/h7-10,13-15,18H,6,11-12H2,1-5H3. The minimum absolute atomic E-state index is 0.271. The van der Waals surface area contributed by atoms with Gasteiger partial charge in [0.1, 0.15) is 0 Å². The summed E-state index contributed by atoms with van der Waals surface area (Å²) in [6, 6.07) is 9.34. The third-order valence-corrected chi connectivity index (χ3v) is 3.29. The fourth-order valence-corrected chi connectivity index (χ4v) is 2.22. The van der Waals surface area contributed by atoms with Crippen LogP contribution in [0.1, 0.15) is 51.8 Å². The van der Waals surface area contributed by atoms with E-state index in [1.165, 1.54) is 11.1 Å². The van der Waals surface area contributed by atoms with Gasteiger partial charge < -0.3 is 10.1 Å². The van der Waals surface area contributed by atoms with Crippen LogP contribution in [-0.4, -0.2) is 19.3 Å². The molecule has 0 aliphatic carbocycles. The first kappa shape index (κ1) is 16.2. The summed E-state index contributed by atoms with van der Waals surface area (Å²) < 4.78 is 5.53. The Bertz CT molecular complexity index is 345. The molecule has 0 fully saturated rings. The minimum atomic E-state index is 0.271. The molecule has 0 aliphatic rings. The predicted octanol–water partition coefficient (Wildman–Crippen LogP) is 3.96. The molecule has 2 heteroatoms. The molecule has 1 aromatic rings. The van der Waals surface area contributed by atoms with E-state index in [0.29, 0.717) is 12.0 Å². The monoisotopic (exact) mass is 263 g/mol. The van der Waals surface area contributed by atoms with Crippen LogP contribution in [0.2, 0.25) is 0 Å². The molecule has 0 amide bonds. The molecule has 0 radical (unpaired) electrons. The Morgan fingerprint density at radius 3 is 2.21 bits per heavy atom. The van der Waals surface area contributed by atoms with Crippen LogP contribution in [0.3, 0.4) is 0 Å². The fourth-order valence-electron chi connectivity index (χ4n) is 2.22. The summed E-state index contributed by atoms with van der Waals surface area (Å²) >= 11 is 0. The van der Waals surface area contributed by atoms with E-state index in [-0.39, 0.29) is 6.10 Å². The van der Waals surface area contributed by atoms with E-state index in [1.54, 1.807) is 0 Å². The maximum absolute atomic E-state index is 5.53. The van der Waals surface area contributed by atoms with E-state index < -0.39 is 0 Å². The number of ether oxygens (including phenoxy) is 1. The zero-order chi connectivity index (χ0) is 14.3. The molecule has 2 atom stereocenters. The van der Waals surface area contributed by atoms with Gasteiger partial charge in [-0.2, -0.15) is 0 Å². The molecule has 108 valence electrons. The first-order valence-corrected chi connectivity index (χ1v) is 7.46. The first-order valence-electron chi connectivity index (χ1n) is 7.46. The summed E-state index contributed by atoms with van der Waals surface area (Å²) in [5, 5.41) is 3.52. The second-order valence-corrected chi connectivity index (χ2v) is 5.74. The number of hydrogen-bond donors (Lipinski definition) is 1. The fraction of sp³-hybridized carbons (Fsp3) is 0.647. The van der Waals surface area contributed by atoms with Crippen molar-refractivity contribution in [2.45, 2.75) is 53.2 Å². The summed E-state index contributed by atoms with van der Waals surface area (Å²) in [6.45, 7) is 12.5. The Labute approximate surface area is 118 Å². The zero-order valence-corrected chi connectivity index (χ0v) is 13.1. The highest BCUT2D eigenvalue weighted by atomic mass is 16.5. The minimum Gasteiger partial charge on any atom is -0.377 e. The molecular weight excluding hydrogens is 234 g/mol. The molecule has 1 N–H and O–H groups in total. The number of hydrogen-bond acceptors (Lipinski definition) is 2. The van der Waals surface area contributed by atoms with Gasteiger partial charge in [0.2, 0.25) is 0 Å². The molecular formula is C17H29NO. The Hall–Kier alpha value is -0.860. The van der Waals surface area contributed by atoms with Gasteiger partial charge in [-0.3, -0.25) is 0 Å². The van der Waals surface area contributed by atoms with Gasteiger partial charge in [-0.05, 0) is 44.2 Å². The van der Waals surface area contributed by atoms with E-state index in [4.69, 9.17) is 4.74 Å². The number of benzene rings is 1. The molecule has 0 saturated heterocycles. The molecule has 0 bridgehead atoms. The highest BCUT2D eigenvalue weighted by Gasteiger charge is 2.07. The van der Waals surface area contributed by atoms with Crippen molar-refractivity contribution in [2.75, 3.05) is 13.2 Å². The maximum Gasteiger partial charge on any atom is 0.0671 e. The van der Waals surface area contributed by atoms with E-state index in [0.717, 1.165) is 19.6 Å². The van der Waals surface area contributed by atoms with Gasteiger partial charge in [-0.1, -0.05) is 38.1 Å². The van der Waals surface area contributed by atoms with Crippen LogP contribution in [0, 0.1) is 5.92 Å². The highest BCUT2D eigenvalue weighted by Crippen LogP contribution is 2.15. The second-order valence-electron chi connectivity index (χ2n) is 5.74. The molecule has 19 heavy (non-hydrogen) atoms. The van der Waals surface area contributed by atoms with E-state index in [9.17, 15) is 0 Å². The molecule has 0 aromatic heterocycles. The Morgan fingerprint density at radius 2 is 1.68 bits per heavy atom. The lowest BCUT2D eigenvalue weighted by atomic mass is 10.00. The van der Waals surface area contributed by atoms with Crippen LogP contribution in [0.25, 0.3) is 0 Å². The summed E-state index contributed by atoms with van der Waals surface area (Å²) in [5.41, 5.74) is 2.77. The Kier molecular flexibility index (Phi) is 7.11. The van der Waals surface area contributed by atoms with Gasteiger partial charge in [-0.15, -0.1) is 0 Å². The highest BCUT2D eigenvalue weighted by molar-refractivity contribution is 5.25. The third kappa shape index (κ3) is 6.22. The molecule has 0 saturated carbocycles. The van der Waals surface area contributed by atoms with Crippen molar-refractivity contribution in [1.29, 1.82) is 0 Å². The molecule has 0 heterocycles. The van der Waals surface area contributed by atoms with Crippen LogP contribution in [0.15, 0.2) is 24.3 Å². The largest absolute Gasteiger partial charge is 0.377 e. The lowest BCUT2D eigenvalue weighted by molar-refractivity contribution is 0.0743. The second kappa shape index (κ2) is 8.34.